The van der Waals surface area contributed by atoms with Gasteiger partial charge in [-0.25, -0.2) is 4.79 Å². The van der Waals surface area contributed by atoms with Crippen LogP contribution in [0, 0.1) is 0 Å². The lowest BCUT2D eigenvalue weighted by Gasteiger charge is -2.18. The number of carbonyl (C=O) groups is 3. The molecule has 0 spiro atoms. The lowest BCUT2D eigenvalue weighted by Crippen LogP contribution is -2.47. The fourth-order valence-corrected chi connectivity index (χ4v) is 4.01. The van der Waals surface area contributed by atoms with Crippen molar-refractivity contribution < 1.29 is 18.8 Å². The second-order valence-electron chi connectivity index (χ2n) is 4.85. The van der Waals surface area contributed by atoms with Gasteiger partial charge in [0.05, 0.1) is 14.9 Å². The van der Waals surface area contributed by atoms with Gasteiger partial charge in [0.25, 0.3) is 11.8 Å². The van der Waals surface area contributed by atoms with Crippen LogP contribution >= 0.6 is 43.2 Å². The number of furan rings is 1. The lowest BCUT2D eigenvalue weighted by atomic mass is 10.00. The van der Waals surface area contributed by atoms with Crippen LogP contribution in [0.25, 0.3) is 0 Å². The Balaban J connectivity index is 1.82. The number of hydrogen-bond donors (Lipinski definition) is 2. The Morgan fingerprint density at radius 2 is 2.17 bits per heavy atom. The van der Waals surface area contributed by atoms with Gasteiger partial charge in [-0.2, -0.15) is 5.01 Å². The molecule has 4 amide bonds. The van der Waals surface area contributed by atoms with Crippen LogP contribution in [0.1, 0.15) is 22.4 Å². The highest BCUT2D eigenvalue weighted by molar-refractivity contribution is 9.13. The first kappa shape index (κ1) is 16.2. The van der Waals surface area contributed by atoms with Gasteiger partial charge in [0.15, 0.2) is 5.54 Å². The number of hydrogen-bond acceptors (Lipinski definition) is 5. The average Bonchev–Trinajstić information content (AvgIpc) is 3.18. The van der Waals surface area contributed by atoms with Crippen LogP contribution in [0.2, 0.25) is 0 Å². The predicted molar refractivity (Wildman–Crippen MR) is 88.6 cm³/mol. The summed E-state index contributed by atoms with van der Waals surface area (Å²) in [6.07, 6.45) is 1.40. The highest BCUT2D eigenvalue weighted by atomic mass is 79.9. The molecule has 1 saturated heterocycles. The summed E-state index contributed by atoms with van der Waals surface area (Å²) in [6, 6.07) is 4.06. The smallest absolute Gasteiger partial charge is 0.344 e. The van der Waals surface area contributed by atoms with Gasteiger partial charge in [0.1, 0.15) is 5.76 Å². The molecule has 10 heteroatoms. The molecular weight excluding hydrogens is 454 g/mol. The molecule has 23 heavy (non-hydrogen) atoms. The van der Waals surface area contributed by atoms with Crippen molar-refractivity contribution in [3.63, 3.8) is 0 Å². The number of imide groups is 1. The van der Waals surface area contributed by atoms with Crippen LogP contribution in [-0.4, -0.2) is 22.9 Å². The van der Waals surface area contributed by atoms with Gasteiger partial charge in [0.2, 0.25) is 0 Å². The standard InChI is InChI=1S/C13H9Br2N3O4S/c1-13(8-3-2-4-22-8)11(20)18(12(21)16-13)17-10(19)7-5-6(14)9(15)23-7/h2-5H,1H3,(H,16,21)(H,17,19)/t13-/m0/s1. The van der Waals surface area contributed by atoms with E-state index in [1.165, 1.54) is 24.5 Å². The molecule has 3 rings (SSSR count). The van der Waals surface area contributed by atoms with Crippen molar-refractivity contribution in [1.29, 1.82) is 0 Å². The minimum absolute atomic E-state index is 0.286. The summed E-state index contributed by atoms with van der Waals surface area (Å²) in [5, 5.41) is 3.18. The van der Waals surface area contributed by atoms with E-state index in [4.69, 9.17) is 4.42 Å². The molecule has 0 aliphatic carbocycles. The van der Waals surface area contributed by atoms with Crippen LogP contribution in [-0.2, 0) is 10.3 Å². The summed E-state index contributed by atoms with van der Waals surface area (Å²) in [5.41, 5.74) is 0.956. The van der Waals surface area contributed by atoms with Crippen molar-refractivity contribution in [2.75, 3.05) is 0 Å². The maximum Gasteiger partial charge on any atom is 0.344 e. The summed E-state index contributed by atoms with van der Waals surface area (Å²) < 4.78 is 6.66. The Morgan fingerprint density at radius 1 is 1.43 bits per heavy atom. The molecule has 1 aliphatic heterocycles. The third-order valence-corrected chi connectivity index (χ3v) is 6.54. The first-order valence-corrected chi connectivity index (χ1v) is 8.69. The van der Waals surface area contributed by atoms with E-state index in [1.807, 2.05) is 0 Å². The molecule has 0 unspecified atom stereocenters. The number of amides is 4. The van der Waals surface area contributed by atoms with E-state index in [0.29, 0.717) is 14.4 Å². The van der Waals surface area contributed by atoms with Crippen LogP contribution in [0.3, 0.4) is 0 Å². The minimum Gasteiger partial charge on any atom is -0.466 e. The molecule has 2 aromatic rings. The van der Waals surface area contributed by atoms with Gasteiger partial charge < -0.3 is 9.73 Å². The van der Waals surface area contributed by atoms with Crippen molar-refractivity contribution in [1.82, 2.24) is 15.8 Å². The molecule has 2 aromatic heterocycles. The van der Waals surface area contributed by atoms with Gasteiger partial charge in [-0.3, -0.25) is 15.0 Å². The van der Waals surface area contributed by atoms with Crippen LogP contribution < -0.4 is 10.7 Å². The second kappa shape index (κ2) is 5.77. The number of carbonyl (C=O) groups excluding carboxylic acids is 3. The quantitative estimate of drug-likeness (QED) is 0.686. The first-order valence-electron chi connectivity index (χ1n) is 6.29. The third kappa shape index (κ3) is 2.70. The van der Waals surface area contributed by atoms with Gasteiger partial charge in [-0.1, -0.05) is 0 Å². The van der Waals surface area contributed by atoms with Crippen LogP contribution in [0.4, 0.5) is 4.79 Å². The second-order valence-corrected chi connectivity index (χ2v) is 8.07. The largest absolute Gasteiger partial charge is 0.466 e. The van der Waals surface area contributed by atoms with Crippen LogP contribution in [0.15, 0.2) is 37.1 Å². The Labute approximate surface area is 151 Å². The van der Waals surface area contributed by atoms with Crippen LogP contribution in [0.5, 0.6) is 0 Å². The van der Waals surface area contributed by atoms with Crippen molar-refractivity contribution in [3.05, 3.63) is 43.4 Å². The Hall–Kier alpha value is -1.65. The third-order valence-electron chi connectivity index (χ3n) is 3.29. The topological polar surface area (TPSA) is 91.7 Å². The average molecular weight is 463 g/mol. The Bertz CT molecular complexity index is 785. The fourth-order valence-electron chi connectivity index (χ4n) is 2.09. The molecule has 0 radical (unpaired) electrons. The van der Waals surface area contributed by atoms with Crippen molar-refractivity contribution in [3.8, 4) is 0 Å². The maximum absolute atomic E-state index is 12.5. The number of urea groups is 1. The van der Waals surface area contributed by atoms with Gasteiger partial charge >= 0.3 is 6.03 Å². The number of rotatable bonds is 3. The van der Waals surface area contributed by atoms with Gasteiger partial charge in [-0.15, -0.1) is 11.3 Å². The number of nitrogens with one attached hydrogen (secondary N) is 2. The molecule has 0 aromatic carbocycles. The number of nitrogens with zero attached hydrogens (tertiary/aromatic N) is 1. The monoisotopic (exact) mass is 461 g/mol. The SMILES string of the molecule is C[C@@]1(c2ccco2)NC(=O)N(NC(=O)c2cc(Br)c(Br)s2)C1=O. The van der Waals surface area contributed by atoms with E-state index in [1.54, 1.807) is 18.2 Å². The number of halogens is 2. The van der Waals surface area contributed by atoms with E-state index < -0.39 is 23.4 Å². The fraction of sp³-hybridized carbons (Fsp3) is 0.154. The highest BCUT2D eigenvalue weighted by Gasteiger charge is 2.52. The maximum atomic E-state index is 12.5. The van der Waals surface area contributed by atoms with Gasteiger partial charge in [-0.05, 0) is 57.0 Å². The summed E-state index contributed by atoms with van der Waals surface area (Å²) in [5.74, 6) is -0.900. The molecule has 0 saturated carbocycles. The summed E-state index contributed by atoms with van der Waals surface area (Å²) in [7, 11) is 0. The number of hydrazine groups is 1. The van der Waals surface area contributed by atoms with Crippen molar-refractivity contribution in [2.45, 2.75) is 12.5 Å². The normalized spacial score (nSPS) is 20.7. The minimum atomic E-state index is -1.36. The molecule has 0 bridgehead atoms. The van der Waals surface area contributed by atoms with Gasteiger partial charge in [0, 0.05) is 4.47 Å². The zero-order valence-electron chi connectivity index (χ0n) is 11.6. The molecule has 7 nitrogen and oxygen atoms in total. The first-order chi connectivity index (χ1) is 10.8. The molecule has 3 heterocycles. The predicted octanol–water partition coefficient (Wildman–Crippen LogP) is 2.98. The van der Waals surface area contributed by atoms with Crippen molar-refractivity contribution >= 4 is 61.0 Å². The molecule has 1 fully saturated rings. The van der Waals surface area contributed by atoms with E-state index in [-0.39, 0.29) is 5.76 Å². The Kier molecular flexibility index (Phi) is 4.07. The molecule has 1 aliphatic rings. The van der Waals surface area contributed by atoms with Crippen molar-refractivity contribution in [2.24, 2.45) is 0 Å². The van der Waals surface area contributed by atoms with E-state index in [2.05, 4.69) is 42.6 Å². The van der Waals surface area contributed by atoms with E-state index in [9.17, 15) is 14.4 Å². The summed E-state index contributed by atoms with van der Waals surface area (Å²) in [6.45, 7) is 1.51. The lowest BCUT2D eigenvalue weighted by molar-refractivity contribution is -0.133. The number of thiophene rings is 1. The molecular formula is C13H9Br2N3O4S. The molecule has 120 valence electrons. The van der Waals surface area contributed by atoms with E-state index >= 15 is 0 Å². The molecule has 2 N–H and O–H groups in total. The Morgan fingerprint density at radius 3 is 2.74 bits per heavy atom. The van der Waals surface area contributed by atoms with E-state index in [0.717, 1.165) is 3.79 Å². The summed E-state index contributed by atoms with van der Waals surface area (Å²) >= 11 is 7.74. The zero-order chi connectivity index (χ0) is 16.8. The summed E-state index contributed by atoms with van der Waals surface area (Å²) in [4.78, 5) is 37.1. The zero-order valence-corrected chi connectivity index (χ0v) is 15.5. The molecule has 1 atom stereocenters. The highest BCUT2D eigenvalue weighted by Crippen LogP contribution is 2.33.